The summed E-state index contributed by atoms with van der Waals surface area (Å²) in [6, 6.07) is 15.3. The zero-order valence-electron chi connectivity index (χ0n) is 17.4. The van der Waals surface area contributed by atoms with Crippen LogP contribution < -0.4 is 9.78 Å². The summed E-state index contributed by atoms with van der Waals surface area (Å²) in [7, 11) is 0. The first-order valence-corrected chi connectivity index (χ1v) is 11.8. The van der Waals surface area contributed by atoms with Gasteiger partial charge in [-0.25, -0.2) is 0 Å². The molecule has 0 amide bonds. The van der Waals surface area contributed by atoms with Crippen LogP contribution in [0.5, 0.6) is 0 Å². The van der Waals surface area contributed by atoms with E-state index < -0.39 is 21.7 Å². The van der Waals surface area contributed by atoms with Gasteiger partial charge >= 0.3 is 191 Å². The molecule has 9 nitrogen and oxygen atoms in total. The number of nitro benzene ring substituents is 1. The summed E-state index contributed by atoms with van der Waals surface area (Å²) in [4.78, 5) is 35.2. The first kappa shape index (κ1) is 23.2. The molecule has 0 saturated carbocycles. The van der Waals surface area contributed by atoms with Crippen LogP contribution in [0.4, 0.5) is 5.69 Å². The van der Waals surface area contributed by atoms with Crippen molar-refractivity contribution in [1.82, 2.24) is 5.32 Å². The Hall–Kier alpha value is -3.49. The molecule has 0 bridgehead atoms. The van der Waals surface area contributed by atoms with Crippen LogP contribution in [0, 0.1) is 20.2 Å². The second kappa shape index (κ2) is 10.2. The van der Waals surface area contributed by atoms with Gasteiger partial charge in [-0.2, -0.15) is 0 Å². The van der Waals surface area contributed by atoms with Gasteiger partial charge in [-0.1, -0.05) is 0 Å². The standard InChI is InChI=1S/C22H21N3O6Se/c1-3-31-22(26)20-18(13-32-17-10-5-4-6-11-17)23-14(2)21(25(29)30)19(20)15-8-7-9-16(12-15)24(27)28/h4-12,19,23H,3,13H2,1-2H3. The predicted octanol–water partition coefficient (Wildman–Crippen LogP) is 3.06. The van der Waals surface area contributed by atoms with Crippen molar-refractivity contribution in [2.75, 3.05) is 6.61 Å². The number of rotatable bonds is 8. The van der Waals surface area contributed by atoms with E-state index in [2.05, 4.69) is 5.32 Å². The summed E-state index contributed by atoms with van der Waals surface area (Å²) in [6.07, 6.45) is 0. The van der Waals surface area contributed by atoms with Crippen molar-refractivity contribution in [3.05, 3.63) is 103 Å². The zero-order chi connectivity index (χ0) is 23.3. The number of non-ortho nitro benzene ring substituents is 1. The molecule has 0 fully saturated rings. The van der Waals surface area contributed by atoms with E-state index in [1.54, 1.807) is 19.9 Å². The Bertz CT molecular complexity index is 1110. The number of allylic oxidation sites excluding steroid dienone is 3. The van der Waals surface area contributed by atoms with Gasteiger partial charge in [-0.3, -0.25) is 0 Å². The van der Waals surface area contributed by atoms with Gasteiger partial charge in [-0.15, -0.1) is 0 Å². The van der Waals surface area contributed by atoms with Crippen molar-refractivity contribution in [1.29, 1.82) is 0 Å². The van der Waals surface area contributed by atoms with E-state index in [0.29, 0.717) is 22.3 Å². The van der Waals surface area contributed by atoms with Crippen LogP contribution in [-0.2, 0) is 9.53 Å². The molecule has 0 radical (unpaired) electrons. The Kier molecular flexibility index (Phi) is 7.40. The summed E-state index contributed by atoms with van der Waals surface area (Å²) < 4.78 is 6.35. The average molecular weight is 502 g/mol. The van der Waals surface area contributed by atoms with E-state index in [4.69, 9.17) is 4.74 Å². The first-order chi connectivity index (χ1) is 15.3. The minimum absolute atomic E-state index is 0.0546. The van der Waals surface area contributed by atoms with E-state index in [1.807, 2.05) is 30.3 Å². The van der Waals surface area contributed by atoms with Crippen molar-refractivity contribution in [3.63, 3.8) is 0 Å². The fraction of sp³-hybridized carbons (Fsp3) is 0.227. The second-order valence-electron chi connectivity index (χ2n) is 6.89. The number of carbonyl (C=O) groups excluding carboxylic acids is 1. The molecule has 1 heterocycles. The number of nitro groups is 2. The zero-order valence-corrected chi connectivity index (χ0v) is 19.2. The predicted molar refractivity (Wildman–Crippen MR) is 119 cm³/mol. The van der Waals surface area contributed by atoms with Gasteiger partial charge in [0.05, 0.1) is 0 Å². The maximum absolute atomic E-state index is 13.0. The molecule has 0 aliphatic carbocycles. The minimum atomic E-state index is -1.09. The molecule has 1 unspecified atom stereocenters. The van der Waals surface area contributed by atoms with Crippen molar-refractivity contribution in [2.45, 2.75) is 25.1 Å². The monoisotopic (exact) mass is 503 g/mol. The van der Waals surface area contributed by atoms with Gasteiger partial charge in [0.25, 0.3) is 0 Å². The third kappa shape index (κ3) is 5.04. The summed E-state index contributed by atoms with van der Waals surface area (Å²) in [6.45, 7) is 3.32. The van der Waals surface area contributed by atoms with E-state index >= 15 is 0 Å². The number of hydrogen-bond donors (Lipinski definition) is 1. The Morgan fingerprint density at radius 3 is 2.44 bits per heavy atom. The van der Waals surface area contributed by atoms with Gasteiger partial charge in [0.2, 0.25) is 0 Å². The van der Waals surface area contributed by atoms with E-state index in [0.717, 1.165) is 4.46 Å². The second-order valence-corrected chi connectivity index (χ2v) is 9.09. The first-order valence-electron chi connectivity index (χ1n) is 9.78. The average Bonchev–Trinajstić information content (AvgIpc) is 2.77. The molecule has 166 valence electrons. The number of hydrogen-bond acceptors (Lipinski definition) is 7. The van der Waals surface area contributed by atoms with Crippen LogP contribution in [-0.4, -0.2) is 37.4 Å². The Morgan fingerprint density at radius 1 is 1.09 bits per heavy atom. The Balaban J connectivity index is 2.15. The van der Waals surface area contributed by atoms with E-state index in [1.165, 1.54) is 18.2 Å². The molecule has 3 rings (SSSR count). The number of dihydropyridines is 1. The van der Waals surface area contributed by atoms with Crippen LogP contribution in [0.3, 0.4) is 0 Å². The van der Waals surface area contributed by atoms with Gasteiger partial charge in [0.15, 0.2) is 0 Å². The molecule has 10 heteroatoms. The summed E-state index contributed by atoms with van der Waals surface area (Å²) in [5.74, 6) is -1.77. The number of esters is 1. The molecule has 2 aromatic carbocycles. The van der Waals surface area contributed by atoms with Crippen LogP contribution >= 0.6 is 0 Å². The van der Waals surface area contributed by atoms with E-state index in [9.17, 15) is 25.0 Å². The Morgan fingerprint density at radius 2 is 1.81 bits per heavy atom. The van der Waals surface area contributed by atoms with Crippen molar-refractivity contribution in [2.24, 2.45) is 0 Å². The SMILES string of the molecule is CCOC(=O)C1=C(C[Se]c2ccccc2)NC(C)=C([N+](=O)[O-])C1c1cccc([N+](=O)[O-])c1. The molecule has 0 spiro atoms. The third-order valence-corrected chi connectivity index (χ3v) is 7.02. The number of nitrogens with zero attached hydrogens (tertiary/aromatic N) is 2. The maximum atomic E-state index is 13.0. The fourth-order valence-electron chi connectivity index (χ4n) is 3.51. The quantitative estimate of drug-likeness (QED) is 0.255. The van der Waals surface area contributed by atoms with Crippen LogP contribution in [0.1, 0.15) is 25.3 Å². The molecule has 32 heavy (non-hydrogen) atoms. The molecular formula is C22H21N3O6Se. The normalized spacial score (nSPS) is 15.9. The fourth-order valence-corrected chi connectivity index (χ4v) is 5.37. The van der Waals surface area contributed by atoms with Crippen molar-refractivity contribution in [3.8, 4) is 0 Å². The molecule has 1 aliphatic heterocycles. The molecule has 0 aromatic heterocycles. The van der Waals surface area contributed by atoms with Crippen LogP contribution in [0.25, 0.3) is 0 Å². The molecule has 1 atom stereocenters. The molecule has 0 saturated heterocycles. The molecule has 1 N–H and O–H groups in total. The van der Waals surface area contributed by atoms with Crippen molar-refractivity contribution < 1.29 is 19.4 Å². The number of carbonyl (C=O) groups is 1. The number of nitrogens with one attached hydrogen (secondary N) is 1. The number of ether oxygens (including phenoxy) is 1. The molecule has 2 aromatic rings. The Labute approximate surface area is 190 Å². The summed E-state index contributed by atoms with van der Waals surface area (Å²) >= 11 is -0.0546. The van der Waals surface area contributed by atoms with Gasteiger partial charge in [0, 0.05) is 0 Å². The van der Waals surface area contributed by atoms with Gasteiger partial charge in [0.1, 0.15) is 0 Å². The topological polar surface area (TPSA) is 125 Å². The van der Waals surface area contributed by atoms with Crippen molar-refractivity contribution >= 4 is 31.1 Å². The summed E-state index contributed by atoms with van der Waals surface area (Å²) in [5, 5.41) is 26.8. The van der Waals surface area contributed by atoms with E-state index in [-0.39, 0.29) is 38.5 Å². The van der Waals surface area contributed by atoms with Crippen LogP contribution in [0.15, 0.2) is 77.3 Å². The third-order valence-electron chi connectivity index (χ3n) is 4.84. The van der Waals surface area contributed by atoms with Crippen LogP contribution in [0.2, 0.25) is 5.32 Å². The molecule has 1 aliphatic rings. The number of benzene rings is 2. The van der Waals surface area contributed by atoms with Gasteiger partial charge < -0.3 is 0 Å². The molecular weight excluding hydrogens is 481 g/mol. The van der Waals surface area contributed by atoms with Gasteiger partial charge in [-0.05, 0) is 0 Å². The summed E-state index contributed by atoms with van der Waals surface area (Å²) in [5.41, 5.74) is 0.788.